The molecule has 0 fully saturated rings. The average molecular weight is 562 g/mol. The van der Waals surface area contributed by atoms with Gasteiger partial charge in [0, 0.05) is 28.0 Å². The van der Waals surface area contributed by atoms with Crippen LogP contribution in [-0.2, 0) is 21.2 Å². The lowest BCUT2D eigenvalue weighted by atomic mass is 10.1. The van der Waals surface area contributed by atoms with E-state index >= 15 is 0 Å². The highest BCUT2D eigenvalue weighted by Gasteiger charge is 2.27. The number of benzene rings is 2. The Morgan fingerprint density at radius 1 is 1.18 bits per heavy atom. The van der Waals surface area contributed by atoms with Crippen LogP contribution >= 0.6 is 27.3 Å². The van der Waals surface area contributed by atoms with Crippen LogP contribution in [0.1, 0.15) is 5.69 Å². The van der Waals surface area contributed by atoms with E-state index in [4.69, 9.17) is 4.74 Å². The Morgan fingerprint density at radius 3 is 2.56 bits per heavy atom. The van der Waals surface area contributed by atoms with E-state index in [-0.39, 0.29) is 11.3 Å². The summed E-state index contributed by atoms with van der Waals surface area (Å²) in [5, 5.41) is 4.89. The summed E-state index contributed by atoms with van der Waals surface area (Å²) in [4.78, 5) is 24.5. The molecule has 2 aromatic carbocycles. The van der Waals surface area contributed by atoms with E-state index in [1.54, 1.807) is 25.4 Å². The molecule has 176 valence electrons. The Morgan fingerprint density at radius 2 is 1.91 bits per heavy atom. The van der Waals surface area contributed by atoms with E-state index in [0.29, 0.717) is 16.5 Å². The summed E-state index contributed by atoms with van der Waals surface area (Å²) >= 11 is 4.53. The monoisotopic (exact) mass is 561 g/mol. The van der Waals surface area contributed by atoms with Crippen LogP contribution in [0.4, 0.5) is 5.13 Å². The number of H-pyrrole nitrogens is 1. The molecule has 0 aliphatic rings. The maximum absolute atomic E-state index is 13.1. The highest BCUT2D eigenvalue weighted by atomic mass is 79.9. The molecule has 0 unspecified atom stereocenters. The van der Waals surface area contributed by atoms with Gasteiger partial charge in [-0.3, -0.25) is 4.79 Å². The lowest BCUT2D eigenvalue weighted by Crippen LogP contribution is -2.45. The Balaban J connectivity index is 1.52. The van der Waals surface area contributed by atoms with Crippen LogP contribution in [0.25, 0.3) is 11.3 Å². The fourth-order valence-electron chi connectivity index (χ4n) is 3.09. The first kappa shape index (κ1) is 24.1. The van der Waals surface area contributed by atoms with Gasteiger partial charge in [0.2, 0.25) is 15.9 Å². The number of rotatable bonds is 9. The molecule has 4 aromatic rings. The van der Waals surface area contributed by atoms with Crippen molar-refractivity contribution in [2.75, 3.05) is 12.4 Å². The molecule has 0 spiro atoms. The fourth-order valence-corrected chi connectivity index (χ4v) is 5.27. The molecule has 1 atom stereocenters. The Labute approximate surface area is 208 Å². The average Bonchev–Trinajstić information content (AvgIpc) is 3.51. The van der Waals surface area contributed by atoms with Crippen LogP contribution in [-0.4, -0.2) is 42.4 Å². The standard InChI is InChI=1S/C22H20BrN5O4S2/c1-32-17-6-2-14(3-7-17)20-12-33-22(26-20)27-21(29)19(10-16-11-24-13-25-16)28-34(30,31)18-8-4-15(23)5-9-18/h2-9,11-13,19,28H,10H2,1H3,(H,24,25)(H,26,27,29)/t19-/m0/s1. The van der Waals surface area contributed by atoms with Gasteiger partial charge in [0.05, 0.1) is 29.7 Å². The van der Waals surface area contributed by atoms with Gasteiger partial charge in [0.1, 0.15) is 11.8 Å². The van der Waals surface area contributed by atoms with Crippen LogP contribution in [0, 0.1) is 0 Å². The molecular formula is C22H20BrN5O4S2. The van der Waals surface area contributed by atoms with Gasteiger partial charge in [-0.2, -0.15) is 4.72 Å². The summed E-state index contributed by atoms with van der Waals surface area (Å²) in [5.41, 5.74) is 2.08. The number of carbonyl (C=O) groups is 1. The number of halogens is 1. The maximum atomic E-state index is 13.1. The first-order chi connectivity index (χ1) is 16.3. The van der Waals surface area contributed by atoms with Crippen LogP contribution in [0.2, 0.25) is 0 Å². The van der Waals surface area contributed by atoms with Crippen molar-refractivity contribution in [3.8, 4) is 17.0 Å². The first-order valence-electron chi connectivity index (χ1n) is 10.0. The maximum Gasteiger partial charge on any atom is 0.244 e. The smallest absolute Gasteiger partial charge is 0.244 e. The number of anilines is 1. The molecule has 34 heavy (non-hydrogen) atoms. The summed E-state index contributed by atoms with van der Waals surface area (Å²) in [6.07, 6.45) is 3.14. The summed E-state index contributed by atoms with van der Waals surface area (Å²) < 4.78 is 34.3. The lowest BCUT2D eigenvalue weighted by molar-refractivity contribution is -0.117. The van der Waals surface area contributed by atoms with Crippen molar-refractivity contribution in [2.24, 2.45) is 0 Å². The number of hydrogen-bond donors (Lipinski definition) is 3. The number of aromatic amines is 1. The minimum absolute atomic E-state index is 0.0477. The molecule has 2 aromatic heterocycles. The largest absolute Gasteiger partial charge is 0.497 e. The molecule has 0 saturated heterocycles. The Hall–Kier alpha value is -3.06. The van der Waals surface area contributed by atoms with Gasteiger partial charge in [-0.15, -0.1) is 11.3 Å². The summed E-state index contributed by atoms with van der Waals surface area (Å²) in [5.74, 6) is 0.186. The van der Waals surface area contributed by atoms with Gasteiger partial charge >= 0.3 is 0 Å². The Bertz CT molecular complexity index is 1360. The third kappa shape index (κ3) is 5.89. The zero-order chi connectivity index (χ0) is 24.1. The Kier molecular flexibility index (Phi) is 7.41. The van der Waals surface area contributed by atoms with Crippen molar-refractivity contribution in [2.45, 2.75) is 17.4 Å². The predicted molar refractivity (Wildman–Crippen MR) is 133 cm³/mol. The van der Waals surface area contributed by atoms with Gasteiger partial charge < -0.3 is 15.0 Å². The van der Waals surface area contributed by atoms with E-state index in [2.05, 4.69) is 40.9 Å². The number of hydrogen-bond acceptors (Lipinski definition) is 7. The third-order valence-electron chi connectivity index (χ3n) is 4.83. The second-order valence-corrected chi connectivity index (χ2v) is 10.6. The van der Waals surface area contributed by atoms with Crippen molar-refractivity contribution in [1.29, 1.82) is 0 Å². The molecule has 0 radical (unpaired) electrons. The number of nitrogens with zero attached hydrogens (tertiary/aromatic N) is 2. The van der Waals surface area contributed by atoms with E-state index in [1.807, 2.05) is 29.6 Å². The van der Waals surface area contributed by atoms with Crippen LogP contribution in [0.5, 0.6) is 5.75 Å². The number of ether oxygens (including phenoxy) is 1. The predicted octanol–water partition coefficient (Wildman–Crippen LogP) is 3.83. The third-order valence-corrected chi connectivity index (χ3v) is 7.60. The lowest BCUT2D eigenvalue weighted by Gasteiger charge is -2.17. The number of methoxy groups -OCH3 is 1. The second kappa shape index (κ2) is 10.5. The van der Waals surface area contributed by atoms with Crippen LogP contribution in [0.3, 0.4) is 0 Å². The second-order valence-electron chi connectivity index (χ2n) is 7.15. The zero-order valence-electron chi connectivity index (χ0n) is 17.9. The number of amides is 1. The van der Waals surface area contributed by atoms with Crippen molar-refractivity contribution >= 4 is 48.3 Å². The quantitative estimate of drug-likeness (QED) is 0.285. The first-order valence-corrected chi connectivity index (χ1v) is 13.2. The van der Waals surface area contributed by atoms with E-state index in [9.17, 15) is 13.2 Å². The van der Waals surface area contributed by atoms with E-state index in [1.165, 1.54) is 29.8 Å². The van der Waals surface area contributed by atoms with E-state index < -0.39 is 22.0 Å². The molecular weight excluding hydrogens is 542 g/mol. The highest BCUT2D eigenvalue weighted by Crippen LogP contribution is 2.26. The van der Waals surface area contributed by atoms with Crippen molar-refractivity contribution < 1.29 is 17.9 Å². The van der Waals surface area contributed by atoms with Crippen molar-refractivity contribution in [3.63, 3.8) is 0 Å². The molecule has 0 aliphatic carbocycles. The minimum Gasteiger partial charge on any atom is -0.497 e. The normalized spacial score (nSPS) is 12.3. The number of thiazole rings is 1. The van der Waals surface area contributed by atoms with Crippen LogP contribution in [0.15, 0.2) is 75.8 Å². The topological polar surface area (TPSA) is 126 Å². The zero-order valence-corrected chi connectivity index (χ0v) is 21.1. The van der Waals surface area contributed by atoms with Gasteiger partial charge in [0.25, 0.3) is 0 Å². The minimum atomic E-state index is -3.96. The number of nitrogens with one attached hydrogen (secondary N) is 3. The van der Waals surface area contributed by atoms with Crippen molar-refractivity contribution in [3.05, 3.63) is 76.6 Å². The molecule has 12 heteroatoms. The highest BCUT2D eigenvalue weighted by molar-refractivity contribution is 9.10. The molecule has 4 rings (SSSR count). The van der Waals surface area contributed by atoms with Gasteiger partial charge in [0.15, 0.2) is 5.13 Å². The van der Waals surface area contributed by atoms with Crippen LogP contribution < -0.4 is 14.8 Å². The molecule has 3 N–H and O–H groups in total. The molecule has 2 heterocycles. The van der Waals surface area contributed by atoms with Gasteiger partial charge in [-0.05, 0) is 48.5 Å². The summed E-state index contributed by atoms with van der Waals surface area (Å²) in [6, 6.07) is 12.4. The number of imidazole rings is 1. The SMILES string of the molecule is COc1ccc(-c2csc(NC(=O)[C@H](Cc3c[nH]cn3)NS(=O)(=O)c3ccc(Br)cc3)n2)cc1. The van der Waals surface area contributed by atoms with Crippen molar-refractivity contribution in [1.82, 2.24) is 19.7 Å². The van der Waals surface area contributed by atoms with E-state index in [0.717, 1.165) is 15.8 Å². The summed E-state index contributed by atoms with van der Waals surface area (Å²) in [7, 11) is -2.37. The van der Waals surface area contributed by atoms with Gasteiger partial charge in [-0.25, -0.2) is 18.4 Å². The fraction of sp³-hybridized carbons (Fsp3) is 0.136. The number of sulfonamides is 1. The molecule has 0 saturated carbocycles. The molecule has 9 nitrogen and oxygen atoms in total. The number of aromatic nitrogens is 3. The van der Waals surface area contributed by atoms with Gasteiger partial charge in [-0.1, -0.05) is 15.9 Å². The molecule has 0 aliphatic heterocycles. The summed E-state index contributed by atoms with van der Waals surface area (Å²) in [6.45, 7) is 0. The molecule has 0 bridgehead atoms. The molecule has 1 amide bonds. The number of carbonyl (C=O) groups excluding carboxylic acids is 1.